The summed E-state index contributed by atoms with van der Waals surface area (Å²) in [6, 6.07) is 15.3. The monoisotopic (exact) mass is 1230 g/mol. The topological polar surface area (TPSA) is 281 Å². The van der Waals surface area contributed by atoms with E-state index in [1.165, 1.54) is 4.90 Å². The minimum absolute atomic E-state index is 0.0127. The third-order valence-electron chi connectivity index (χ3n) is 15.9. The predicted molar refractivity (Wildman–Crippen MR) is 327 cm³/mol. The highest BCUT2D eigenvalue weighted by Crippen LogP contribution is 2.31. The van der Waals surface area contributed by atoms with E-state index < -0.39 is 35.0 Å². The molecule has 0 spiro atoms. The van der Waals surface area contributed by atoms with Crippen molar-refractivity contribution in [1.82, 2.24) is 50.6 Å². The van der Waals surface area contributed by atoms with Gasteiger partial charge in [-0.2, -0.15) is 0 Å². The molecule has 4 atom stereocenters. The highest BCUT2D eigenvalue weighted by atomic mass is 35.5. The predicted octanol–water partition coefficient (Wildman–Crippen LogP) is 4.41. The Bertz CT molecular complexity index is 2970. The Morgan fingerprint density at radius 3 is 2.05 bits per heavy atom. The quantitative estimate of drug-likeness (QED) is 0.0335. The normalized spacial score (nSPS) is 18.1. The molecule has 5 amide bonds. The maximum atomic E-state index is 14.0. The van der Waals surface area contributed by atoms with E-state index in [0.717, 1.165) is 63.7 Å². The molecule has 0 aliphatic carbocycles. The van der Waals surface area contributed by atoms with Gasteiger partial charge in [0.2, 0.25) is 29.5 Å². The van der Waals surface area contributed by atoms with Crippen LogP contribution in [-0.2, 0) is 54.2 Å². The fourth-order valence-corrected chi connectivity index (χ4v) is 11.7. The van der Waals surface area contributed by atoms with Crippen LogP contribution in [0.25, 0.3) is 21.5 Å². The van der Waals surface area contributed by atoms with Gasteiger partial charge in [-0.05, 0) is 66.5 Å². The minimum Gasteiger partial charge on any atom is -0.391 e. The SMILES string of the molecule is Cc1ncsc1-c1ccc(CNC(=O)[C@@H]2C[C@@H](O)CN2C(=O)[C@@H](NC(=O)CCOCCOCCOCCOCCOCCC(=O)N2CCN(CC[C@H](NC(=O)C3(N)CCN(c4ncnc5[nH]ccc45)CC3)c3ccc(Cl)cc3)CC2)C(C)(C)C)cc1. The number of aliphatic hydroxyl groups excluding tert-OH is 1. The second-order valence-corrected chi connectivity index (χ2v) is 24.5. The number of hydrogen-bond acceptors (Lipinski definition) is 18. The lowest BCUT2D eigenvalue weighted by atomic mass is 9.85. The standard InChI is InChI=1S/C61H85ClN12O11S/c1-42-53(86-41-68-42)45-7-5-43(6-8-45)38-65-57(78)50-37-47(75)39-74(50)58(79)54(60(2,3)4)70-51(76)15-27-81-29-31-83-33-35-85-36-34-84-32-30-82-28-16-52(77)72-25-23-71(24-26-72)20-14-49(44-9-11-46(62)12-10-44)69-59(80)61(63)17-21-73(22-18-61)56-48-13-19-64-55(48)66-40-67-56/h5-13,19,40-41,47,49-50,54,75H,14-18,20-39,63H2,1-4H3,(H,65,78)(H,69,80)(H,70,76)(H,64,66,67)/t47-,49+,50+,54-/m1/s1. The van der Waals surface area contributed by atoms with Crippen LogP contribution in [0.5, 0.6) is 0 Å². The van der Waals surface area contributed by atoms with E-state index in [1.807, 2.05) is 98.9 Å². The molecule has 3 aliphatic heterocycles. The van der Waals surface area contributed by atoms with Gasteiger partial charge in [0.15, 0.2) is 0 Å². The van der Waals surface area contributed by atoms with Crippen LogP contribution in [0.2, 0.25) is 5.02 Å². The molecule has 7 N–H and O–H groups in total. The van der Waals surface area contributed by atoms with Gasteiger partial charge in [-0.1, -0.05) is 68.8 Å². The Morgan fingerprint density at radius 2 is 1.43 bits per heavy atom. The van der Waals surface area contributed by atoms with Crippen LogP contribution in [-0.4, -0.2) is 211 Å². The molecule has 0 unspecified atom stereocenters. The minimum atomic E-state index is -1.03. The number of hydrogen-bond donors (Lipinski definition) is 6. The number of aromatic nitrogens is 4. The van der Waals surface area contributed by atoms with Crippen LogP contribution in [0, 0.1) is 12.3 Å². The average Bonchev–Trinajstić information content (AvgIpc) is 4.31. The summed E-state index contributed by atoms with van der Waals surface area (Å²) in [5.41, 5.74) is 11.6. The Morgan fingerprint density at radius 1 is 0.802 bits per heavy atom. The smallest absolute Gasteiger partial charge is 0.246 e. The number of carbonyl (C=O) groups excluding carboxylic acids is 5. The Balaban J connectivity index is 0.615. The summed E-state index contributed by atoms with van der Waals surface area (Å²) in [6.45, 7) is 15.5. The number of aromatic amines is 1. The molecular formula is C61H85ClN12O11S. The van der Waals surface area contributed by atoms with Crippen molar-refractivity contribution in [1.29, 1.82) is 0 Å². The fraction of sp³-hybridized carbons (Fsp3) is 0.574. The number of nitrogens with zero attached hydrogens (tertiary/aromatic N) is 7. The zero-order chi connectivity index (χ0) is 61.1. The molecule has 468 valence electrons. The molecule has 3 saturated heterocycles. The van der Waals surface area contributed by atoms with Gasteiger partial charge in [-0.3, -0.25) is 28.9 Å². The number of amides is 5. The zero-order valence-electron chi connectivity index (χ0n) is 49.9. The number of β-amino-alcohol motifs (C(OH)–C–C–N with tert-alkyl or cyclic N) is 1. The first-order valence-electron chi connectivity index (χ1n) is 29.8. The van der Waals surface area contributed by atoms with Crippen LogP contribution in [0.1, 0.15) is 82.2 Å². The van der Waals surface area contributed by atoms with E-state index in [0.29, 0.717) is 103 Å². The number of H-pyrrole nitrogens is 1. The highest BCUT2D eigenvalue weighted by Gasteiger charge is 2.45. The number of fused-ring (bicyclic) bond motifs is 1. The average molecular weight is 1230 g/mol. The number of aliphatic hydroxyl groups is 1. The number of ether oxygens (including phenoxy) is 5. The van der Waals surface area contributed by atoms with E-state index in [1.54, 1.807) is 17.7 Å². The number of anilines is 1. The molecule has 0 bridgehead atoms. The first-order valence-corrected chi connectivity index (χ1v) is 31.0. The lowest BCUT2D eigenvalue weighted by Gasteiger charge is -2.39. The van der Waals surface area contributed by atoms with E-state index in [-0.39, 0.29) is 75.2 Å². The molecule has 2 aromatic carbocycles. The summed E-state index contributed by atoms with van der Waals surface area (Å²) in [5, 5.41) is 21.2. The second-order valence-electron chi connectivity index (χ2n) is 23.2. The van der Waals surface area contributed by atoms with Crippen molar-refractivity contribution in [3.8, 4) is 10.4 Å². The summed E-state index contributed by atoms with van der Waals surface area (Å²) in [4.78, 5) is 92.6. The summed E-state index contributed by atoms with van der Waals surface area (Å²) in [6.07, 6.45) is 4.53. The summed E-state index contributed by atoms with van der Waals surface area (Å²) < 4.78 is 28.1. The first-order chi connectivity index (χ1) is 41.5. The lowest BCUT2D eigenvalue weighted by Crippen LogP contribution is -2.60. The van der Waals surface area contributed by atoms with E-state index in [9.17, 15) is 29.1 Å². The van der Waals surface area contributed by atoms with Gasteiger partial charge in [0.1, 0.15) is 29.9 Å². The lowest BCUT2D eigenvalue weighted by molar-refractivity contribution is -0.144. The molecular weight excluding hydrogens is 1140 g/mol. The number of aryl methyl sites for hydroxylation is 1. The van der Waals surface area contributed by atoms with Gasteiger partial charge in [0, 0.05) is 83.0 Å². The van der Waals surface area contributed by atoms with Crippen LogP contribution in [0.4, 0.5) is 5.82 Å². The Kier molecular flexibility index (Phi) is 24.6. The largest absolute Gasteiger partial charge is 0.391 e. The Labute approximate surface area is 512 Å². The van der Waals surface area contributed by atoms with Gasteiger partial charge in [-0.15, -0.1) is 11.3 Å². The summed E-state index contributed by atoms with van der Waals surface area (Å²) in [7, 11) is 0. The van der Waals surface area contributed by atoms with E-state index in [2.05, 4.69) is 45.7 Å². The number of piperidine rings is 1. The highest BCUT2D eigenvalue weighted by molar-refractivity contribution is 7.13. The van der Waals surface area contributed by atoms with Gasteiger partial charge >= 0.3 is 0 Å². The molecule has 0 saturated carbocycles. The molecule has 3 fully saturated rings. The van der Waals surface area contributed by atoms with Crippen LogP contribution < -0.4 is 26.6 Å². The van der Waals surface area contributed by atoms with Crippen molar-refractivity contribution in [3.05, 3.63) is 94.5 Å². The molecule has 8 rings (SSSR count). The zero-order valence-corrected chi connectivity index (χ0v) is 51.5. The number of piperazine rings is 1. The van der Waals surface area contributed by atoms with Crippen molar-refractivity contribution < 1.29 is 52.8 Å². The molecule has 25 heteroatoms. The van der Waals surface area contributed by atoms with Crippen LogP contribution in [0.3, 0.4) is 0 Å². The number of rotatable bonds is 31. The first kappa shape index (κ1) is 65.8. The van der Waals surface area contributed by atoms with Crippen LogP contribution in [0.15, 0.2) is 72.6 Å². The number of thiazole rings is 1. The van der Waals surface area contributed by atoms with Gasteiger partial charge in [-0.25, -0.2) is 15.0 Å². The van der Waals surface area contributed by atoms with Gasteiger partial charge in [0.25, 0.3) is 0 Å². The maximum Gasteiger partial charge on any atom is 0.246 e. The summed E-state index contributed by atoms with van der Waals surface area (Å²) >= 11 is 7.81. The number of nitrogens with two attached hydrogens (primary N) is 1. The number of carbonyl (C=O) groups is 5. The molecule has 6 heterocycles. The van der Waals surface area contributed by atoms with Crippen molar-refractivity contribution in [3.63, 3.8) is 0 Å². The van der Waals surface area contributed by atoms with Crippen LogP contribution >= 0.6 is 22.9 Å². The van der Waals surface area contributed by atoms with Crippen molar-refractivity contribution in [2.24, 2.45) is 11.1 Å². The third-order valence-corrected chi connectivity index (χ3v) is 17.1. The number of nitrogens with one attached hydrogen (secondary N) is 4. The Hall–Kier alpha value is -6.19. The molecule has 3 aromatic heterocycles. The molecule has 0 radical (unpaired) electrons. The number of likely N-dealkylation sites (tertiary alicyclic amines) is 1. The molecule has 23 nitrogen and oxygen atoms in total. The number of benzene rings is 2. The van der Waals surface area contributed by atoms with Crippen molar-refractivity contribution in [2.45, 2.75) is 103 Å². The van der Waals surface area contributed by atoms with E-state index in [4.69, 9.17) is 41.0 Å². The number of halogens is 1. The van der Waals surface area contributed by atoms with Crippen molar-refractivity contribution in [2.75, 3.05) is 123 Å². The van der Waals surface area contributed by atoms with Crippen molar-refractivity contribution >= 4 is 69.3 Å². The second kappa shape index (κ2) is 32.2. The maximum absolute atomic E-state index is 14.0. The summed E-state index contributed by atoms with van der Waals surface area (Å²) in [5.74, 6) is -0.459. The fourth-order valence-electron chi connectivity index (χ4n) is 10.8. The third kappa shape index (κ3) is 18.9. The van der Waals surface area contributed by atoms with Gasteiger partial charge < -0.3 is 70.2 Å². The molecule has 5 aromatic rings. The van der Waals surface area contributed by atoms with Gasteiger partial charge in [0.05, 0.1) is 112 Å². The molecule has 86 heavy (non-hydrogen) atoms. The molecule has 3 aliphatic rings. The van der Waals surface area contributed by atoms with E-state index >= 15 is 0 Å².